The maximum atomic E-state index is 13.4. The molecule has 0 saturated heterocycles. The Labute approximate surface area is 189 Å². The number of esters is 1. The van der Waals surface area contributed by atoms with E-state index in [1.807, 2.05) is 47.9 Å². The van der Waals surface area contributed by atoms with Crippen LogP contribution in [0.25, 0.3) is 6.08 Å². The largest absolute Gasteiger partial charge is 0.459 e. The van der Waals surface area contributed by atoms with Gasteiger partial charge in [0.2, 0.25) is 0 Å². The quantitative estimate of drug-likeness (QED) is 0.506. The van der Waals surface area contributed by atoms with E-state index in [-0.39, 0.29) is 11.7 Å². The molecule has 0 bridgehead atoms. The molecule has 0 unspecified atom stereocenters. The van der Waals surface area contributed by atoms with Gasteiger partial charge in [-0.3, -0.25) is 9.36 Å². The van der Waals surface area contributed by atoms with E-state index in [0.717, 1.165) is 14.9 Å². The van der Waals surface area contributed by atoms with E-state index in [1.54, 1.807) is 25.3 Å². The van der Waals surface area contributed by atoms with Crippen LogP contribution in [0.4, 0.5) is 0 Å². The van der Waals surface area contributed by atoms with E-state index in [1.165, 1.54) is 22.7 Å². The number of rotatable bonds is 4. The van der Waals surface area contributed by atoms with Crippen LogP contribution in [-0.2, 0) is 9.53 Å². The fourth-order valence-corrected chi connectivity index (χ4v) is 5.42. The third kappa shape index (κ3) is 3.99. The van der Waals surface area contributed by atoms with Gasteiger partial charge in [-0.25, -0.2) is 9.79 Å². The normalized spacial score (nSPS) is 16.6. The standard InChI is InChI=1S/C22H19BrN2O3S2/c1-12(2)28-21(27)18-13(3)24-22-25(19(18)16-5-4-10-29-16)20(26)17(30-22)11-14-6-8-15(23)9-7-14/h4-12,19H,1-3H3/b17-11+/t19-/m0/s1. The highest BCUT2D eigenvalue weighted by Gasteiger charge is 2.34. The number of halogens is 1. The number of ether oxygens (including phenoxy) is 1. The molecule has 0 N–H and O–H groups in total. The third-order valence-electron chi connectivity index (χ3n) is 4.56. The fraction of sp³-hybridized carbons (Fsp3) is 0.227. The molecule has 3 heterocycles. The first-order valence-corrected chi connectivity index (χ1v) is 11.9. The van der Waals surface area contributed by atoms with E-state index in [2.05, 4.69) is 20.9 Å². The van der Waals surface area contributed by atoms with Crippen molar-refractivity contribution in [2.45, 2.75) is 32.9 Å². The van der Waals surface area contributed by atoms with Crippen LogP contribution in [0.2, 0.25) is 0 Å². The molecule has 5 nitrogen and oxygen atoms in total. The topological polar surface area (TPSA) is 60.7 Å². The third-order valence-corrected chi connectivity index (χ3v) is 7.00. The van der Waals surface area contributed by atoms with Crippen LogP contribution in [0, 0.1) is 0 Å². The predicted octanol–water partition coefficient (Wildman–Crippen LogP) is 4.01. The Hall–Kier alpha value is -2.29. The molecule has 1 aliphatic rings. The van der Waals surface area contributed by atoms with E-state index >= 15 is 0 Å². The Bertz CT molecular complexity index is 1300. The van der Waals surface area contributed by atoms with Crippen LogP contribution in [0.3, 0.4) is 0 Å². The number of carbonyl (C=O) groups excluding carboxylic acids is 1. The Morgan fingerprint density at radius 3 is 2.63 bits per heavy atom. The number of allylic oxidation sites excluding steroid dienone is 1. The Morgan fingerprint density at radius 1 is 1.27 bits per heavy atom. The van der Waals surface area contributed by atoms with Crippen LogP contribution in [0.5, 0.6) is 0 Å². The lowest BCUT2D eigenvalue weighted by molar-refractivity contribution is -0.143. The summed E-state index contributed by atoms with van der Waals surface area (Å²) in [4.78, 5) is 32.4. The van der Waals surface area contributed by atoms with Crippen molar-refractivity contribution in [3.8, 4) is 0 Å². The van der Waals surface area contributed by atoms with Crippen LogP contribution in [-0.4, -0.2) is 16.6 Å². The second-order valence-corrected chi connectivity index (χ2v) is 10.0. The predicted molar refractivity (Wildman–Crippen MR) is 123 cm³/mol. The molecule has 2 aromatic heterocycles. The summed E-state index contributed by atoms with van der Waals surface area (Å²) in [5.41, 5.74) is 1.75. The fourth-order valence-electron chi connectivity index (χ4n) is 3.29. The molecule has 1 aromatic carbocycles. The zero-order valence-corrected chi connectivity index (χ0v) is 19.8. The van der Waals surface area contributed by atoms with Gasteiger partial charge >= 0.3 is 5.97 Å². The maximum absolute atomic E-state index is 13.4. The number of benzene rings is 1. The summed E-state index contributed by atoms with van der Waals surface area (Å²) in [6, 6.07) is 11.1. The zero-order valence-electron chi connectivity index (χ0n) is 16.6. The van der Waals surface area contributed by atoms with Gasteiger partial charge in [-0.2, -0.15) is 0 Å². The first kappa shape index (κ1) is 21.0. The number of aromatic nitrogens is 1. The number of thiophene rings is 1. The van der Waals surface area contributed by atoms with Gasteiger partial charge < -0.3 is 4.74 Å². The monoisotopic (exact) mass is 502 g/mol. The molecule has 0 saturated carbocycles. The lowest BCUT2D eigenvalue weighted by Crippen LogP contribution is -2.39. The van der Waals surface area contributed by atoms with Crippen molar-refractivity contribution in [3.63, 3.8) is 0 Å². The number of nitrogens with zero attached hydrogens (tertiary/aromatic N) is 2. The minimum atomic E-state index is -0.542. The average Bonchev–Trinajstić information content (AvgIpc) is 3.31. The van der Waals surface area contributed by atoms with E-state index in [4.69, 9.17) is 4.74 Å². The van der Waals surface area contributed by atoms with Crippen molar-refractivity contribution in [2.75, 3.05) is 0 Å². The summed E-state index contributed by atoms with van der Waals surface area (Å²) in [5, 5.41) is 1.94. The summed E-state index contributed by atoms with van der Waals surface area (Å²) in [5.74, 6) is -0.438. The van der Waals surface area contributed by atoms with Crippen molar-refractivity contribution in [1.29, 1.82) is 0 Å². The molecule has 4 rings (SSSR count). The van der Waals surface area contributed by atoms with Crippen molar-refractivity contribution >= 4 is 50.6 Å². The number of hydrogen-bond donors (Lipinski definition) is 0. The number of fused-ring (bicyclic) bond motifs is 1. The first-order chi connectivity index (χ1) is 14.3. The highest BCUT2D eigenvalue weighted by molar-refractivity contribution is 9.10. The molecule has 0 radical (unpaired) electrons. The van der Waals surface area contributed by atoms with Crippen molar-refractivity contribution in [2.24, 2.45) is 4.99 Å². The van der Waals surface area contributed by atoms with Crippen molar-refractivity contribution in [3.05, 3.63) is 87.6 Å². The maximum Gasteiger partial charge on any atom is 0.338 e. The molecule has 30 heavy (non-hydrogen) atoms. The molecule has 154 valence electrons. The Kier molecular flexibility index (Phi) is 5.90. The summed E-state index contributed by atoms with van der Waals surface area (Å²) in [6.07, 6.45) is 1.59. The van der Waals surface area contributed by atoms with Crippen LogP contribution >= 0.6 is 38.6 Å². The number of hydrogen-bond acceptors (Lipinski definition) is 6. The molecule has 0 fully saturated rings. The highest BCUT2D eigenvalue weighted by Crippen LogP contribution is 2.33. The average molecular weight is 503 g/mol. The molecular formula is C22H19BrN2O3S2. The minimum Gasteiger partial charge on any atom is -0.459 e. The minimum absolute atomic E-state index is 0.164. The zero-order chi connectivity index (χ0) is 21.4. The Morgan fingerprint density at radius 2 is 2.00 bits per heavy atom. The van der Waals surface area contributed by atoms with E-state index in [0.29, 0.717) is 20.6 Å². The van der Waals surface area contributed by atoms with E-state index < -0.39 is 12.0 Å². The van der Waals surface area contributed by atoms with Gasteiger partial charge in [0.05, 0.1) is 21.9 Å². The molecule has 0 amide bonds. The SMILES string of the molecule is CC1=C(C(=O)OC(C)C)[C@H](c2cccs2)n2c(s/c(=C/c3ccc(Br)cc3)c2=O)=N1. The van der Waals surface area contributed by atoms with Gasteiger partial charge in [0, 0.05) is 9.35 Å². The van der Waals surface area contributed by atoms with Gasteiger partial charge in [-0.15, -0.1) is 11.3 Å². The molecular weight excluding hydrogens is 484 g/mol. The van der Waals surface area contributed by atoms with Crippen LogP contribution in [0.15, 0.2) is 67.3 Å². The number of carbonyl (C=O) groups is 1. The second kappa shape index (κ2) is 8.45. The molecule has 1 aliphatic heterocycles. The lowest BCUT2D eigenvalue weighted by atomic mass is 10.0. The number of thiazole rings is 1. The first-order valence-electron chi connectivity index (χ1n) is 9.37. The van der Waals surface area contributed by atoms with Crippen molar-refractivity contribution in [1.82, 2.24) is 4.57 Å². The lowest BCUT2D eigenvalue weighted by Gasteiger charge is -2.24. The molecule has 0 aliphatic carbocycles. The Balaban J connectivity index is 1.91. The van der Waals surface area contributed by atoms with Gasteiger partial charge in [-0.1, -0.05) is 45.5 Å². The summed E-state index contributed by atoms with van der Waals surface area (Å²) in [6.45, 7) is 5.41. The summed E-state index contributed by atoms with van der Waals surface area (Å²) < 4.78 is 8.64. The van der Waals surface area contributed by atoms with E-state index in [9.17, 15) is 9.59 Å². The van der Waals surface area contributed by atoms with Crippen LogP contribution in [0.1, 0.15) is 37.3 Å². The second-order valence-electron chi connectivity index (χ2n) is 7.10. The van der Waals surface area contributed by atoms with Gasteiger partial charge in [-0.05, 0) is 56.0 Å². The van der Waals surface area contributed by atoms with Gasteiger partial charge in [0.25, 0.3) is 5.56 Å². The molecule has 0 spiro atoms. The van der Waals surface area contributed by atoms with Gasteiger partial charge in [0.1, 0.15) is 6.04 Å². The summed E-state index contributed by atoms with van der Waals surface area (Å²) in [7, 11) is 0. The molecule has 1 atom stereocenters. The van der Waals surface area contributed by atoms with Crippen LogP contribution < -0.4 is 14.9 Å². The highest BCUT2D eigenvalue weighted by atomic mass is 79.9. The molecule has 8 heteroatoms. The summed E-state index contributed by atoms with van der Waals surface area (Å²) >= 11 is 6.26. The van der Waals surface area contributed by atoms with Gasteiger partial charge in [0.15, 0.2) is 4.80 Å². The molecule has 3 aromatic rings. The smallest absolute Gasteiger partial charge is 0.338 e. The van der Waals surface area contributed by atoms with Crippen molar-refractivity contribution < 1.29 is 9.53 Å².